The van der Waals surface area contributed by atoms with Crippen molar-refractivity contribution in [1.82, 2.24) is 0 Å². The van der Waals surface area contributed by atoms with Gasteiger partial charge in [0.2, 0.25) is 0 Å². The second-order valence-electron chi connectivity index (χ2n) is 2.43. The van der Waals surface area contributed by atoms with Crippen molar-refractivity contribution >= 4 is 17.3 Å². The van der Waals surface area contributed by atoms with E-state index < -0.39 is 4.92 Å². The minimum absolute atomic E-state index is 0.0317. The maximum absolute atomic E-state index is 10.4. The van der Waals surface area contributed by atoms with Crippen molar-refractivity contribution in [3.63, 3.8) is 0 Å². The van der Waals surface area contributed by atoms with Gasteiger partial charge in [0.15, 0.2) is 0 Å². The maximum Gasteiger partial charge on any atom is 0.270 e. The molecule has 0 fully saturated rings. The van der Waals surface area contributed by atoms with Crippen LogP contribution in [0.1, 0.15) is 5.56 Å². The molecule has 14 heavy (non-hydrogen) atoms. The van der Waals surface area contributed by atoms with Gasteiger partial charge in [-0.15, -0.1) is 0 Å². The fraction of sp³-hybridized carbons (Fsp3) is 0.111. The Morgan fingerprint density at radius 1 is 1.57 bits per heavy atom. The predicted molar refractivity (Wildman–Crippen MR) is 54.0 cm³/mol. The van der Waals surface area contributed by atoms with E-state index in [1.807, 2.05) is 0 Å². The summed E-state index contributed by atoms with van der Waals surface area (Å²) in [5, 5.41) is 10.8. The van der Waals surface area contributed by atoms with Gasteiger partial charge >= 0.3 is 0 Å². The molecule has 0 bridgehead atoms. The van der Waals surface area contributed by atoms with E-state index in [1.54, 1.807) is 0 Å². The van der Waals surface area contributed by atoms with Crippen LogP contribution in [0.4, 0.5) is 5.69 Å². The average molecular weight is 211 g/mol. The van der Waals surface area contributed by atoms with E-state index in [4.69, 9.17) is 17.3 Å². The van der Waals surface area contributed by atoms with Crippen LogP contribution >= 0.6 is 11.6 Å². The summed E-state index contributed by atoms with van der Waals surface area (Å²) in [6, 6.07) is 4.10. The van der Waals surface area contributed by atoms with E-state index in [9.17, 15) is 10.1 Å². The number of benzene rings is 1. The molecule has 1 aromatic rings. The summed E-state index contributed by atoms with van der Waals surface area (Å²) in [6.45, 7) is 0.193. The van der Waals surface area contributed by atoms with Crippen LogP contribution in [0.25, 0.3) is 0 Å². The summed E-state index contributed by atoms with van der Waals surface area (Å²) in [5.74, 6) is 5.24. The van der Waals surface area contributed by atoms with E-state index in [2.05, 4.69) is 11.8 Å². The molecule has 2 N–H and O–H groups in total. The Bertz CT molecular complexity index is 421. The van der Waals surface area contributed by atoms with Gasteiger partial charge in [-0.1, -0.05) is 23.4 Å². The third-order valence-electron chi connectivity index (χ3n) is 1.49. The van der Waals surface area contributed by atoms with Crippen molar-refractivity contribution < 1.29 is 4.92 Å². The van der Waals surface area contributed by atoms with Crippen LogP contribution < -0.4 is 5.73 Å². The summed E-state index contributed by atoms with van der Waals surface area (Å²) >= 11 is 5.77. The summed E-state index contributed by atoms with van der Waals surface area (Å²) in [6.07, 6.45) is 0. The molecule has 0 heterocycles. The van der Waals surface area contributed by atoms with Crippen LogP contribution in [0, 0.1) is 22.0 Å². The first kappa shape index (κ1) is 10.5. The van der Waals surface area contributed by atoms with Gasteiger partial charge in [0.05, 0.1) is 16.5 Å². The highest BCUT2D eigenvalue weighted by molar-refractivity contribution is 6.31. The lowest BCUT2D eigenvalue weighted by atomic mass is 10.2. The number of nitrogens with zero attached hydrogens (tertiary/aromatic N) is 1. The molecular weight excluding hydrogens is 204 g/mol. The Labute approximate surface area is 85.8 Å². The number of halogens is 1. The van der Waals surface area contributed by atoms with Gasteiger partial charge in [0.1, 0.15) is 0 Å². The largest absolute Gasteiger partial charge is 0.320 e. The van der Waals surface area contributed by atoms with Gasteiger partial charge in [-0.2, -0.15) is 0 Å². The summed E-state index contributed by atoms with van der Waals surface area (Å²) < 4.78 is 0. The molecule has 0 saturated carbocycles. The number of nitro groups is 1. The topological polar surface area (TPSA) is 69.2 Å². The van der Waals surface area contributed by atoms with Gasteiger partial charge in [-0.05, 0) is 6.07 Å². The van der Waals surface area contributed by atoms with E-state index in [0.717, 1.165) is 0 Å². The molecule has 0 radical (unpaired) electrons. The van der Waals surface area contributed by atoms with E-state index >= 15 is 0 Å². The molecule has 0 saturated heterocycles. The molecule has 0 spiro atoms. The quantitative estimate of drug-likeness (QED) is 0.435. The third kappa shape index (κ3) is 2.46. The molecule has 0 aliphatic heterocycles. The van der Waals surface area contributed by atoms with Crippen LogP contribution in [0.5, 0.6) is 0 Å². The van der Waals surface area contributed by atoms with Crippen LogP contribution in [0.15, 0.2) is 18.2 Å². The molecular formula is C9H7ClN2O2. The number of non-ortho nitro benzene ring substituents is 1. The standard InChI is InChI=1S/C9H7ClN2O2/c10-9-4-3-8(12(13)14)6-7(9)2-1-5-11/h3-4,6H,5,11H2. The lowest BCUT2D eigenvalue weighted by Gasteiger charge is -1.95. The first-order valence-corrected chi connectivity index (χ1v) is 4.16. The average Bonchev–Trinajstić information content (AvgIpc) is 2.16. The highest BCUT2D eigenvalue weighted by Gasteiger charge is 2.07. The monoisotopic (exact) mass is 210 g/mol. The Hall–Kier alpha value is -1.57. The Kier molecular flexibility index (Phi) is 3.46. The second kappa shape index (κ2) is 4.61. The summed E-state index contributed by atoms with van der Waals surface area (Å²) in [7, 11) is 0. The molecule has 5 heteroatoms. The van der Waals surface area contributed by atoms with Crippen molar-refractivity contribution in [3.8, 4) is 11.8 Å². The maximum atomic E-state index is 10.4. The Balaban J connectivity index is 3.14. The predicted octanol–water partition coefficient (Wildman–Crippen LogP) is 1.56. The van der Waals surface area contributed by atoms with Crippen LogP contribution in [0.2, 0.25) is 5.02 Å². The molecule has 0 atom stereocenters. The Morgan fingerprint density at radius 2 is 2.29 bits per heavy atom. The molecule has 72 valence electrons. The van der Waals surface area contributed by atoms with Gasteiger partial charge in [-0.3, -0.25) is 10.1 Å². The van der Waals surface area contributed by atoms with Crippen molar-refractivity contribution in [2.75, 3.05) is 6.54 Å². The SMILES string of the molecule is NCC#Cc1cc([N+](=O)[O-])ccc1Cl. The second-order valence-corrected chi connectivity index (χ2v) is 2.83. The lowest BCUT2D eigenvalue weighted by Crippen LogP contribution is -1.93. The molecule has 0 aromatic heterocycles. The molecule has 0 aliphatic carbocycles. The number of hydrogen-bond donors (Lipinski definition) is 1. The van der Waals surface area contributed by atoms with E-state index in [1.165, 1.54) is 18.2 Å². The zero-order valence-corrected chi connectivity index (χ0v) is 7.91. The van der Waals surface area contributed by atoms with Crippen LogP contribution in [-0.4, -0.2) is 11.5 Å². The number of nitro benzene ring substituents is 1. The molecule has 0 unspecified atom stereocenters. The fourth-order valence-corrected chi connectivity index (χ4v) is 1.03. The van der Waals surface area contributed by atoms with Crippen molar-refractivity contribution in [3.05, 3.63) is 38.9 Å². The molecule has 0 aliphatic rings. The van der Waals surface area contributed by atoms with Gasteiger partial charge < -0.3 is 5.73 Å². The van der Waals surface area contributed by atoms with E-state index in [-0.39, 0.29) is 12.2 Å². The minimum Gasteiger partial charge on any atom is -0.320 e. The van der Waals surface area contributed by atoms with Crippen LogP contribution in [-0.2, 0) is 0 Å². The zero-order valence-electron chi connectivity index (χ0n) is 7.16. The first-order valence-electron chi connectivity index (χ1n) is 3.78. The summed E-state index contributed by atoms with van der Waals surface area (Å²) in [5.41, 5.74) is 5.56. The van der Waals surface area contributed by atoms with Crippen molar-refractivity contribution in [2.45, 2.75) is 0 Å². The van der Waals surface area contributed by atoms with Crippen LogP contribution in [0.3, 0.4) is 0 Å². The van der Waals surface area contributed by atoms with Gasteiger partial charge in [0, 0.05) is 17.7 Å². The van der Waals surface area contributed by atoms with E-state index in [0.29, 0.717) is 10.6 Å². The molecule has 0 amide bonds. The fourth-order valence-electron chi connectivity index (χ4n) is 0.869. The highest BCUT2D eigenvalue weighted by atomic mass is 35.5. The molecule has 1 rings (SSSR count). The third-order valence-corrected chi connectivity index (χ3v) is 1.82. The zero-order chi connectivity index (χ0) is 10.6. The highest BCUT2D eigenvalue weighted by Crippen LogP contribution is 2.20. The lowest BCUT2D eigenvalue weighted by molar-refractivity contribution is -0.384. The number of nitrogens with two attached hydrogens (primary N) is 1. The minimum atomic E-state index is -0.496. The number of hydrogen-bond acceptors (Lipinski definition) is 3. The van der Waals surface area contributed by atoms with Crippen molar-refractivity contribution in [2.24, 2.45) is 5.73 Å². The first-order chi connectivity index (χ1) is 6.65. The molecule has 1 aromatic carbocycles. The summed E-state index contributed by atoms with van der Waals surface area (Å²) in [4.78, 5) is 9.93. The van der Waals surface area contributed by atoms with Gasteiger partial charge in [0.25, 0.3) is 5.69 Å². The number of rotatable bonds is 1. The smallest absolute Gasteiger partial charge is 0.270 e. The van der Waals surface area contributed by atoms with Gasteiger partial charge in [-0.25, -0.2) is 0 Å². The molecule has 4 nitrogen and oxygen atoms in total. The van der Waals surface area contributed by atoms with Crippen molar-refractivity contribution in [1.29, 1.82) is 0 Å². The Morgan fingerprint density at radius 3 is 2.86 bits per heavy atom. The normalized spacial score (nSPS) is 9.00.